The Morgan fingerprint density at radius 1 is 1.18 bits per heavy atom. The topological polar surface area (TPSA) is 85.3 Å². The monoisotopic (exact) mass is 307 g/mol. The number of hydrogen-bond acceptors (Lipinski definition) is 5. The normalized spacial score (nSPS) is 20.5. The van der Waals surface area contributed by atoms with Crippen LogP contribution in [0, 0.1) is 0 Å². The molecular weight excluding hydrogens is 290 g/mol. The molecule has 0 bridgehead atoms. The Labute approximate surface area is 127 Å². The summed E-state index contributed by atoms with van der Waals surface area (Å²) in [5.74, 6) is -0.00555. The number of hydrogen-bond donors (Lipinski definition) is 1. The Kier molecular flexibility index (Phi) is 4.15. The van der Waals surface area contributed by atoms with E-state index in [4.69, 9.17) is 19.3 Å². The number of ether oxygens (including phenoxy) is 3. The molecule has 1 amide bonds. The number of amides is 1. The molecule has 1 atom stereocenters. The number of carboxylic acid groups (broad SMARTS) is 1. The Bertz CT molecular complexity index is 587. The van der Waals surface area contributed by atoms with Gasteiger partial charge in [0.05, 0.1) is 25.7 Å². The molecule has 0 spiro atoms. The Morgan fingerprint density at radius 3 is 2.73 bits per heavy atom. The zero-order valence-corrected chi connectivity index (χ0v) is 12.0. The molecule has 0 radical (unpaired) electrons. The number of carbonyl (C=O) groups is 2. The van der Waals surface area contributed by atoms with Crippen LogP contribution in [0.5, 0.6) is 11.5 Å². The molecule has 1 fully saturated rings. The first-order chi connectivity index (χ1) is 10.6. The van der Waals surface area contributed by atoms with Gasteiger partial charge in [-0.1, -0.05) is 0 Å². The van der Waals surface area contributed by atoms with Gasteiger partial charge in [-0.25, -0.2) is 0 Å². The van der Waals surface area contributed by atoms with E-state index in [9.17, 15) is 9.59 Å². The Balaban J connectivity index is 1.80. The van der Waals surface area contributed by atoms with Crippen LogP contribution in [0.1, 0.15) is 16.8 Å². The lowest BCUT2D eigenvalue weighted by atomic mass is 10.1. The van der Waals surface area contributed by atoms with Crippen molar-refractivity contribution in [2.24, 2.45) is 0 Å². The fourth-order valence-corrected chi connectivity index (χ4v) is 2.64. The highest BCUT2D eigenvalue weighted by atomic mass is 16.6. The summed E-state index contributed by atoms with van der Waals surface area (Å²) in [6.07, 6.45) is -0.129. The summed E-state index contributed by atoms with van der Waals surface area (Å²) >= 11 is 0. The van der Waals surface area contributed by atoms with Crippen LogP contribution in [0.3, 0.4) is 0 Å². The van der Waals surface area contributed by atoms with Gasteiger partial charge in [-0.2, -0.15) is 0 Å². The lowest BCUT2D eigenvalue weighted by molar-refractivity contribution is -0.139. The smallest absolute Gasteiger partial charge is 0.305 e. The van der Waals surface area contributed by atoms with E-state index in [1.807, 2.05) is 0 Å². The van der Waals surface area contributed by atoms with E-state index >= 15 is 0 Å². The molecule has 22 heavy (non-hydrogen) atoms. The second-order valence-electron chi connectivity index (χ2n) is 5.18. The van der Waals surface area contributed by atoms with Gasteiger partial charge in [-0.05, 0) is 18.2 Å². The summed E-state index contributed by atoms with van der Waals surface area (Å²) in [7, 11) is 0. The number of nitrogens with zero attached hydrogens (tertiary/aromatic N) is 1. The van der Waals surface area contributed by atoms with E-state index in [0.29, 0.717) is 43.4 Å². The molecule has 1 N–H and O–H groups in total. The van der Waals surface area contributed by atoms with E-state index in [2.05, 4.69) is 0 Å². The van der Waals surface area contributed by atoms with Gasteiger partial charge in [0.15, 0.2) is 11.5 Å². The van der Waals surface area contributed by atoms with Crippen LogP contribution >= 0.6 is 0 Å². The predicted octanol–water partition coefficient (Wildman–Crippen LogP) is 0.773. The molecular formula is C15H17NO6. The highest BCUT2D eigenvalue weighted by Gasteiger charge is 2.30. The summed E-state index contributed by atoms with van der Waals surface area (Å²) in [6, 6.07) is 4.56. The van der Waals surface area contributed by atoms with E-state index in [-0.39, 0.29) is 18.9 Å². The van der Waals surface area contributed by atoms with Gasteiger partial charge in [-0.15, -0.1) is 0 Å². The van der Waals surface area contributed by atoms with Crippen molar-refractivity contribution < 1.29 is 28.9 Å². The zero-order valence-electron chi connectivity index (χ0n) is 12.0. The Morgan fingerprint density at radius 2 is 1.95 bits per heavy atom. The minimum Gasteiger partial charge on any atom is -0.486 e. The van der Waals surface area contributed by atoms with Crippen LogP contribution in [-0.2, 0) is 9.53 Å². The van der Waals surface area contributed by atoms with Crippen molar-refractivity contribution in [1.29, 1.82) is 0 Å². The highest BCUT2D eigenvalue weighted by molar-refractivity contribution is 5.95. The van der Waals surface area contributed by atoms with Crippen molar-refractivity contribution >= 4 is 11.9 Å². The van der Waals surface area contributed by atoms with Crippen molar-refractivity contribution in [3.8, 4) is 11.5 Å². The van der Waals surface area contributed by atoms with Gasteiger partial charge in [0.2, 0.25) is 0 Å². The molecule has 0 aromatic heterocycles. The number of morpholine rings is 1. The number of benzene rings is 1. The third-order valence-electron chi connectivity index (χ3n) is 3.69. The van der Waals surface area contributed by atoms with Crippen LogP contribution in [0.25, 0.3) is 0 Å². The number of carboxylic acids is 1. The molecule has 0 aliphatic carbocycles. The van der Waals surface area contributed by atoms with Gasteiger partial charge in [0, 0.05) is 12.1 Å². The molecule has 1 saturated heterocycles. The minimum atomic E-state index is -0.949. The second-order valence-corrected chi connectivity index (χ2v) is 5.18. The average Bonchev–Trinajstić information content (AvgIpc) is 2.54. The summed E-state index contributed by atoms with van der Waals surface area (Å²) in [6.45, 7) is 1.97. The fraction of sp³-hybridized carbons (Fsp3) is 0.467. The third kappa shape index (κ3) is 2.99. The van der Waals surface area contributed by atoms with Gasteiger partial charge in [-0.3, -0.25) is 9.59 Å². The lowest BCUT2D eigenvalue weighted by Crippen LogP contribution is -2.49. The van der Waals surface area contributed by atoms with Gasteiger partial charge < -0.3 is 24.2 Å². The Hall–Kier alpha value is -2.28. The average molecular weight is 307 g/mol. The van der Waals surface area contributed by atoms with Crippen molar-refractivity contribution in [3.05, 3.63) is 23.8 Å². The first kappa shape index (κ1) is 14.6. The molecule has 1 aromatic rings. The van der Waals surface area contributed by atoms with E-state index in [1.54, 1.807) is 23.1 Å². The standard InChI is InChI=1S/C15H17NO6/c17-14(18)8-11-9-20-4-3-16(11)15(19)10-1-2-12-13(7-10)22-6-5-21-12/h1-2,7,11H,3-6,8-9H2,(H,17,18)/t11-/m0/s1. The molecule has 2 aliphatic heterocycles. The van der Waals surface area contributed by atoms with Crippen LogP contribution in [0.2, 0.25) is 0 Å². The number of rotatable bonds is 3. The molecule has 2 heterocycles. The van der Waals surface area contributed by atoms with Crippen molar-refractivity contribution in [2.75, 3.05) is 33.0 Å². The lowest BCUT2D eigenvalue weighted by Gasteiger charge is -2.35. The van der Waals surface area contributed by atoms with E-state index in [0.717, 1.165) is 0 Å². The number of aliphatic carboxylic acids is 1. The van der Waals surface area contributed by atoms with E-state index in [1.165, 1.54) is 0 Å². The summed E-state index contributed by atoms with van der Waals surface area (Å²) in [5, 5.41) is 8.96. The SMILES string of the molecule is O=C(O)C[C@H]1COCCN1C(=O)c1ccc2c(c1)OCCO2. The van der Waals surface area contributed by atoms with Crippen molar-refractivity contribution in [2.45, 2.75) is 12.5 Å². The van der Waals surface area contributed by atoms with Gasteiger partial charge in [0.25, 0.3) is 5.91 Å². The molecule has 118 valence electrons. The number of fused-ring (bicyclic) bond motifs is 1. The second kappa shape index (κ2) is 6.23. The summed E-state index contributed by atoms with van der Waals surface area (Å²) in [4.78, 5) is 25.2. The maximum absolute atomic E-state index is 12.7. The van der Waals surface area contributed by atoms with Crippen LogP contribution in [0.15, 0.2) is 18.2 Å². The largest absolute Gasteiger partial charge is 0.486 e. The molecule has 3 rings (SSSR count). The first-order valence-electron chi connectivity index (χ1n) is 7.15. The summed E-state index contributed by atoms with van der Waals surface area (Å²) in [5.41, 5.74) is 0.460. The molecule has 7 heteroatoms. The van der Waals surface area contributed by atoms with Gasteiger partial charge in [0.1, 0.15) is 13.2 Å². The van der Waals surface area contributed by atoms with Crippen molar-refractivity contribution in [1.82, 2.24) is 4.90 Å². The van der Waals surface area contributed by atoms with Crippen LogP contribution < -0.4 is 9.47 Å². The molecule has 7 nitrogen and oxygen atoms in total. The van der Waals surface area contributed by atoms with Crippen molar-refractivity contribution in [3.63, 3.8) is 0 Å². The molecule has 2 aliphatic rings. The molecule has 1 aromatic carbocycles. The predicted molar refractivity (Wildman–Crippen MR) is 75.3 cm³/mol. The highest BCUT2D eigenvalue weighted by Crippen LogP contribution is 2.31. The number of carbonyl (C=O) groups excluding carboxylic acids is 1. The quantitative estimate of drug-likeness (QED) is 0.888. The van der Waals surface area contributed by atoms with Crippen LogP contribution in [-0.4, -0.2) is 60.9 Å². The van der Waals surface area contributed by atoms with Gasteiger partial charge >= 0.3 is 5.97 Å². The zero-order chi connectivity index (χ0) is 15.5. The maximum atomic E-state index is 12.7. The first-order valence-corrected chi connectivity index (χ1v) is 7.15. The maximum Gasteiger partial charge on any atom is 0.305 e. The summed E-state index contributed by atoms with van der Waals surface area (Å²) < 4.78 is 16.2. The molecule has 0 saturated carbocycles. The molecule has 0 unspecified atom stereocenters. The van der Waals surface area contributed by atoms with E-state index < -0.39 is 12.0 Å². The third-order valence-corrected chi connectivity index (χ3v) is 3.69. The fourth-order valence-electron chi connectivity index (χ4n) is 2.64. The minimum absolute atomic E-state index is 0.129. The van der Waals surface area contributed by atoms with Crippen LogP contribution in [0.4, 0.5) is 0 Å².